The Bertz CT molecular complexity index is 896. The van der Waals surface area contributed by atoms with Crippen molar-refractivity contribution in [2.45, 2.75) is 46.6 Å². The van der Waals surface area contributed by atoms with Gasteiger partial charge >= 0.3 is 5.97 Å². The lowest BCUT2D eigenvalue weighted by molar-refractivity contribution is -0.139. The van der Waals surface area contributed by atoms with Crippen LogP contribution < -0.4 is 15.4 Å². The van der Waals surface area contributed by atoms with Crippen LogP contribution in [0.4, 0.5) is 11.4 Å². The molecule has 1 aliphatic rings. The number of ether oxygens (including phenoxy) is 1. The van der Waals surface area contributed by atoms with E-state index in [4.69, 9.17) is 9.84 Å². The summed E-state index contributed by atoms with van der Waals surface area (Å²) in [4.78, 5) is 22.3. The van der Waals surface area contributed by atoms with Gasteiger partial charge in [0, 0.05) is 17.9 Å². The molecular weight excluding hydrogens is 368 g/mol. The van der Waals surface area contributed by atoms with Gasteiger partial charge in [-0.25, -0.2) is 0 Å². The average Bonchev–Trinajstić information content (AvgIpc) is 3.42. The van der Waals surface area contributed by atoms with Crippen molar-refractivity contribution >= 4 is 23.3 Å². The maximum absolute atomic E-state index is 11.7. The fourth-order valence-electron chi connectivity index (χ4n) is 3.38. The summed E-state index contributed by atoms with van der Waals surface area (Å²) in [6, 6.07) is 9.98. The number of amides is 1. The molecule has 2 aromatic carbocycles. The first-order valence-electron chi connectivity index (χ1n) is 9.90. The van der Waals surface area contributed by atoms with Gasteiger partial charge in [-0.05, 0) is 86.1 Å². The van der Waals surface area contributed by atoms with E-state index in [-0.39, 0.29) is 0 Å². The van der Waals surface area contributed by atoms with Crippen LogP contribution in [-0.2, 0) is 16.2 Å². The highest BCUT2D eigenvalue weighted by Crippen LogP contribution is 2.30. The zero-order chi connectivity index (χ0) is 21.0. The van der Waals surface area contributed by atoms with Gasteiger partial charge in [-0.2, -0.15) is 0 Å². The van der Waals surface area contributed by atoms with E-state index < -0.39 is 18.3 Å². The molecule has 154 valence electrons. The summed E-state index contributed by atoms with van der Waals surface area (Å²) in [5.41, 5.74) is 5.75. The van der Waals surface area contributed by atoms with E-state index in [1.54, 1.807) is 12.1 Å². The molecule has 3 rings (SSSR count). The maximum atomic E-state index is 11.7. The van der Waals surface area contributed by atoms with E-state index in [1.807, 2.05) is 13.8 Å². The van der Waals surface area contributed by atoms with Gasteiger partial charge in [0.2, 0.25) is 5.91 Å². The molecule has 0 saturated heterocycles. The van der Waals surface area contributed by atoms with Gasteiger partial charge in [0.15, 0.2) is 0 Å². The standard InChI is InChI=1S/C23H28N2O4/c1-14-6-18(10-19(7-14)24-12-17-4-5-17)13-29-23-15(2)8-20(9-16(23)3)25-21(26)11-22(27)28/h6-10,17,24H,4-5,11-13H2,1-3H3,(H,25,26)(H,27,28). The van der Waals surface area contributed by atoms with Crippen LogP contribution in [0.1, 0.15) is 41.5 Å². The summed E-state index contributed by atoms with van der Waals surface area (Å²) in [6.07, 6.45) is 2.08. The van der Waals surface area contributed by atoms with Crippen molar-refractivity contribution in [3.8, 4) is 5.75 Å². The number of hydrogen-bond acceptors (Lipinski definition) is 4. The number of aryl methyl sites for hydroxylation is 3. The molecule has 0 radical (unpaired) electrons. The molecule has 6 nitrogen and oxygen atoms in total. The second kappa shape index (κ2) is 8.99. The molecule has 0 atom stereocenters. The summed E-state index contributed by atoms with van der Waals surface area (Å²) in [5.74, 6) is -0.110. The minimum absolute atomic E-state index is 0.451. The van der Waals surface area contributed by atoms with Gasteiger partial charge in [-0.1, -0.05) is 6.07 Å². The van der Waals surface area contributed by atoms with Crippen molar-refractivity contribution < 1.29 is 19.4 Å². The summed E-state index contributed by atoms with van der Waals surface area (Å²) in [5, 5.41) is 14.8. The highest BCUT2D eigenvalue weighted by atomic mass is 16.5. The summed E-state index contributed by atoms with van der Waals surface area (Å²) >= 11 is 0. The van der Waals surface area contributed by atoms with E-state index in [1.165, 1.54) is 18.4 Å². The number of carboxylic acids is 1. The van der Waals surface area contributed by atoms with Crippen molar-refractivity contribution in [3.63, 3.8) is 0 Å². The fourth-order valence-corrected chi connectivity index (χ4v) is 3.38. The zero-order valence-electron chi connectivity index (χ0n) is 17.2. The highest BCUT2D eigenvalue weighted by Gasteiger charge is 2.20. The van der Waals surface area contributed by atoms with Gasteiger partial charge in [0.1, 0.15) is 18.8 Å². The van der Waals surface area contributed by atoms with Crippen LogP contribution in [0.15, 0.2) is 30.3 Å². The summed E-state index contributed by atoms with van der Waals surface area (Å²) in [7, 11) is 0. The molecule has 3 N–H and O–H groups in total. The third-order valence-electron chi connectivity index (χ3n) is 4.87. The Kier molecular flexibility index (Phi) is 6.42. The number of benzene rings is 2. The van der Waals surface area contributed by atoms with Crippen LogP contribution >= 0.6 is 0 Å². The quantitative estimate of drug-likeness (QED) is 0.546. The second-order valence-electron chi connectivity index (χ2n) is 7.88. The number of carboxylic acid groups (broad SMARTS) is 1. The van der Waals surface area contributed by atoms with Crippen molar-refractivity contribution in [2.75, 3.05) is 17.2 Å². The molecule has 1 saturated carbocycles. The molecule has 6 heteroatoms. The van der Waals surface area contributed by atoms with Crippen molar-refractivity contribution in [2.24, 2.45) is 5.92 Å². The van der Waals surface area contributed by atoms with Crippen LogP contribution in [0.25, 0.3) is 0 Å². The smallest absolute Gasteiger partial charge is 0.312 e. The number of nitrogens with one attached hydrogen (secondary N) is 2. The van der Waals surface area contributed by atoms with Crippen LogP contribution in [0.5, 0.6) is 5.75 Å². The zero-order valence-corrected chi connectivity index (χ0v) is 17.2. The first-order chi connectivity index (χ1) is 13.8. The van der Waals surface area contributed by atoms with Gasteiger partial charge < -0.3 is 20.5 Å². The maximum Gasteiger partial charge on any atom is 0.312 e. The predicted octanol–water partition coefficient (Wildman–Crippen LogP) is 4.43. The highest BCUT2D eigenvalue weighted by molar-refractivity contribution is 6.01. The Morgan fingerprint density at radius 1 is 1.03 bits per heavy atom. The normalized spacial score (nSPS) is 13.1. The first-order valence-corrected chi connectivity index (χ1v) is 9.90. The lowest BCUT2D eigenvalue weighted by atomic mass is 10.1. The number of hydrogen-bond donors (Lipinski definition) is 3. The van der Waals surface area contributed by atoms with Crippen LogP contribution in [0, 0.1) is 26.7 Å². The van der Waals surface area contributed by atoms with E-state index in [9.17, 15) is 9.59 Å². The van der Waals surface area contributed by atoms with E-state index in [0.717, 1.165) is 40.6 Å². The topological polar surface area (TPSA) is 87.7 Å². The van der Waals surface area contributed by atoms with Crippen molar-refractivity contribution in [1.82, 2.24) is 0 Å². The SMILES string of the molecule is Cc1cc(COc2c(C)cc(NC(=O)CC(=O)O)cc2C)cc(NCC2CC2)c1. The second-order valence-corrected chi connectivity index (χ2v) is 7.88. The molecule has 1 fully saturated rings. The molecule has 29 heavy (non-hydrogen) atoms. The third kappa shape index (κ3) is 6.24. The monoisotopic (exact) mass is 396 g/mol. The largest absolute Gasteiger partial charge is 0.488 e. The summed E-state index contributed by atoms with van der Waals surface area (Å²) in [6.45, 7) is 7.38. The molecule has 0 aliphatic heterocycles. The third-order valence-corrected chi connectivity index (χ3v) is 4.87. The van der Waals surface area contributed by atoms with Gasteiger partial charge in [0.05, 0.1) is 0 Å². The predicted molar refractivity (Wildman–Crippen MR) is 114 cm³/mol. The number of aliphatic carboxylic acids is 1. The van der Waals surface area contributed by atoms with Crippen LogP contribution in [0.3, 0.4) is 0 Å². The Balaban J connectivity index is 1.65. The van der Waals surface area contributed by atoms with Crippen LogP contribution in [0.2, 0.25) is 0 Å². The number of rotatable bonds is 9. The Morgan fingerprint density at radius 2 is 1.72 bits per heavy atom. The Hall–Kier alpha value is -3.02. The molecule has 0 heterocycles. The average molecular weight is 396 g/mol. The Labute approximate surface area is 171 Å². The molecule has 0 aromatic heterocycles. The molecule has 2 aromatic rings. The van der Waals surface area contributed by atoms with E-state index in [2.05, 4.69) is 35.8 Å². The molecule has 1 amide bonds. The molecule has 0 spiro atoms. The first kappa shape index (κ1) is 20.7. The lowest BCUT2D eigenvalue weighted by Gasteiger charge is -2.16. The number of carbonyl (C=O) groups excluding carboxylic acids is 1. The Morgan fingerprint density at radius 3 is 2.34 bits per heavy atom. The minimum atomic E-state index is -1.15. The molecule has 0 unspecified atom stereocenters. The molecule has 0 bridgehead atoms. The summed E-state index contributed by atoms with van der Waals surface area (Å²) < 4.78 is 6.09. The number of anilines is 2. The number of carbonyl (C=O) groups is 2. The molecule has 1 aliphatic carbocycles. The molecular formula is C23H28N2O4. The van der Waals surface area contributed by atoms with Crippen molar-refractivity contribution in [3.05, 3.63) is 52.6 Å². The van der Waals surface area contributed by atoms with Gasteiger partial charge in [-0.15, -0.1) is 0 Å². The van der Waals surface area contributed by atoms with Crippen LogP contribution in [-0.4, -0.2) is 23.5 Å². The minimum Gasteiger partial charge on any atom is -0.488 e. The van der Waals surface area contributed by atoms with E-state index in [0.29, 0.717) is 12.3 Å². The van der Waals surface area contributed by atoms with Gasteiger partial charge in [0.25, 0.3) is 0 Å². The lowest BCUT2D eigenvalue weighted by Crippen LogP contribution is -2.16. The van der Waals surface area contributed by atoms with Crippen molar-refractivity contribution in [1.29, 1.82) is 0 Å². The fraction of sp³-hybridized carbons (Fsp3) is 0.391. The van der Waals surface area contributed by atoms with Gasteiger partial charge in [-0.3, -0.25) is 9.59 Å². The van der Waals surface area contributed by atoms with E-state index >= 15 is 0 Å².